The first-order chi connectivity index (χ1) is 11.2. The second-order valence-electron chi connectivity index (χ2n) is 5.46. The molecule has 0 fully saturated rings. The maximum Gasteiger partial charge on any atom is 0.209 e. The third kappa shape index (κ3) is 3.32. The van der Waals surface area contributed by atoms with Crippen LogP contribution in [0.3, 0.4) is 0 Å². The van der Waals surface area contributed by atoms with Crippen LogP contribution in [0.2, 0.25) is 0 Å². The minimum Gasteiger partial charge on any atom is -0.292 e. The summed E-state index contributed by atoms with van der Waals surface area (Å²) in [5, 5.41) is 0. The normalized spacial score (nSPS) is 19.0. The van der Waals surface area contributed by atoms with E-state index in [4.69, 9.17) is 0 Å². The number of fused-ring (bicyclic) bond motifs is 1. The largest absolute Gasteiger partial charge is 0.292 e. The Morgan fingerprint density at radius 1 is 0.913 bits per heavy atom. The number of carbonyl (C=O) groups is 2. The molecule has 1 aliphatic rings. The van der Waals surface area contributed by atoms with Gasteiger partial charge in [-0.1, -0.05) is 70.5 Å². The third-order valence-electron chi connectivity index (χ3n) is 3.89. The molecular weight excluding hydrogens is 354 g/mol. The number of nitrogens with zero attached hydrogens (tertiary/aromatic N) is 1. The Balaban J connectivity index is 1.72. The molecule has 2 aromatic carbocycles. The van der Waals surface area contributed by atoms with Crippen LogP contribution in [0.25, 0.3) is 0 Å². The zero-order valence-corrected chi connectivity index (χ0v) is 14.1. The molecule has 116 valence electrons. The standard InChI is InChI=1S/C19H16BrNO2/c20-16-17(21-12-6-9-13-7-2-1-3-8-13)19(23)15-11-5-4-10-14(15)18(16)22/h1-5,7-8,10-11,16H,6,9,12H2. The number of hydrogen-bond donors (Lipinski definition) is 0. The van der Waals surface area contributed by atoms with E-state index >= 15 is 0 Å². The van der Waals surface area contributed by atoms with Gasteiger partial charge >= 0.3 is 0 Å². The summed E-state index contributed by atoms with van der Waals surface area (Å²) >= 11 is 3.33. The summed E-state index contributed by atoms with van der Waals surface area (Å²) in [6.07, 6.45) is 1.75. The minimum absolute atomic E-state index is 0.0954. The fourth-order valence-corrected chi connectivity index (χ4v) is 3.29. The molecule has 0 saturated heterocycles. The molecule has 0 aliphatic heterocycles. The van der Waals surface area contributed by atoms with Gasteiger partial charge in [0.05, 0.1) is 0 Å². The molecule has 0 N–H and O–H groups in total. The van der Waals surface area contributed by atoms with E-state index in [-0.39, 0.29) is 11.6 Å². The summed E-state index contributed by atoms with van der Waals surface area (Å²) < 4.78 is 0. The first kappa shape index (κ1) is 15.8. The van der Waals surface area contributed by atoms with E-state index in [0.29, 0.717) is 23.4 Å². The smallest absolute Gasteiger partial charge is 0.209 e. The van der Waals surface area contributed by atoms with Crippen LogP contribution in [-0.2, 0) is 6.42 Å². The molecule has 1 atom stereocenters. The SMILES string of the molecule is O=C1C(=NCCCc2ccccc2)C(Br)C(=O)c2ccccc21. The van der Waals surface area contributed by atoms with Crippen molar-refractivity contribution in [2.75, 3.05) is 6.54 Å². The molecule has 0 heterocycles. The molecule has 1 aliphatic carbocycles. The predicted molar refractivity (Wildman–Crippen MR) is 94.9 cm³/mol. The van der Waals surface area contributed by atoms with Crippen LogP contribution in [0.15, 0.2) is 59.6 Å². The lowest BCUT2D eigenvalue weighted by atomic mass is 9.88. The van der Waals surface area contributed by atoms with Gasteiger partial charge < -0.3 is 0 Å². The Hall–Kier alpha value is -2.07. The van der Waals surface area contributed by atoms with Gasteiger partial charge in [-0.05, 0) is 18.4 Å². The van der Waals surface area contributed by atoms with E-state index < -0.39 is 4.83 Å². The van der Waals surface area contributed by atoms with Crippen molar-refractivity contribution in [2.45, 2.75) is 17.7 Å². The van der Waals surface area contributed by atoms with Gasteiger partial charge in [-0.25, -0.2) is 0 Å². The number of aryl methyl sites for hydroxylation is 1. The summed E-state index contributed by atoms with van der Waals surface area (Å²) in [7, 11) is 0. The number of aliphatic imine (C=N–C) groups is 1. The first-order valence-corrected chi connectivity index (χ1v) is 8.50. The lowest BCUT2D eigenvalue weighted by molar-refractivity contribution is 0.0971. The fraction of sp³-hybridized carbons (Fsp3) is 0.211. The van der Waals surface area contributed by atoms with Crippen molar-refractivity contribution in [3.8, 4) is 0 Å². The molecule has 0 saturated carbocycles. The summed E-state index contributed by atoms with van der Waals surface area (Å²) in [5.74, 6) is -0.246. The lowest BCUT2D eigenvalue weighted by Crippen LogP contribution is -2.37. The maximum absolute atomic E-state index is 12.5. The highest BCUT2D eigenvalue weighted by molar-refractivity contribution is 9.10. The van der Waals surface area contributed by atoms with E-state index in [9.17, 15) is 9.59 Å². The quantitative estimate of drug-likeness (QED) is 0.605. The molecule has 0 amide bonds. The Bertz CT molecular complexity index is 768. The molecule has 2 aromatic rings. The number of carbonyl (C=O) groups excluding carboxylic acids is 2. The highest BCUT2D eigenvalue weighted by Gasteiger charge is 2.36. The number of ketones is 2. The van der Waals surface area contributed by atoms with Crippen LogP contribution in [0.1, 0.15) is 32.7 Å². The molecule has 0 aromatic heterocycles. The van der Waals surface area contributed by atoms with Gasteiger partial charge in [0.2, 0.25) is 5.78 Å². The number of benzene rings is 2. The van der Waals surface area contributed by atoms with Crippen molar-refractivity contribution in [3.63, 3.8) is 0 Å². The Morgan fingerprint density at radius 2 is 1.57 bits per heavy atom. The molecule has 23 heavy (non-hydrogen) atoms. The number of rotatable bonds is 4. The molecule has 0 radical (unpaired) electrons. The van der Waals surface area contributed by atoms with Gasteiger partial charge in [0.1, 0.15) is 10.5 Å². The second-order valence-corrected chi connectivity index (χ2v) is 6.37. The summed E-state index contributed by atoms with van der Waals surface area (Å²) in [5.41, 5.74) is 2.50. The topological polar surface area (TPSA) is 46.5 Å². The molecule has 1 unspecified atom stereocenters. The van der Waals surface area contributed by atoms with Gasteiger partial charge in [0.25, 0.3) is 0 Å². The monoisotopic (exact) mass is 369 g/mol. The lowest BCUT2D eigenvalue weighted by Gasteiger charge is -2.20. The molecule has 3 nitrogen and oxygen atoms in total. The van der Waals surface area contributed by atoms with Crippen LogP contribution in [0.5, 0.6) is 0 Å². The highest BCUT2D eigenvalue weighted by Crippen LogP contribution is 2.24. The minimum atomic E-state index is -0.637. The molecule has 0 spiro atoms. The zero-order chi connectivity index (χ0) is 16.2. The van der Waals surface area contributed by atoms with Crippen LogP contribution < -0.4 is 0 Å². The highest BCUT2D eigenvalue weighted by atomic mass is 79.9. The van der Waals surface area contributed by atoms with Gasteiger partial charge in [-0.3, -0.25) is 14.6 Å². The molecule has 0 bridgehead atoms. The van der Waals surface area contributed by atoms with Crippen LogP contribution >= 0.6 is 15.9 Å². The van der Waals surface area contributed by atoms with Crippen LogP contribution in [-0.4, -0.2) is 28.7 Å². The van der Waals surface area contributed by atoms with Crippen LogP contribution in [0.4, 0.5) is 0 Å². The van der Waals surface area contributed by atoms with Crippen LogP contribution in [0, 0.1) is 0 Å². The van der Waals surface area contributed by atoms with E-state index in [1.807, 2.05) is 18.2 Å². The first-order valence-electron chi connectivity index (χ1n) is 7.59. The number of halogens is 1. The van der Waals surface area contributed by atoms with Crippen molar-refractivity contribution in [2.24, 2.45) is 4.99 Å². The van der Waals surface area contributed by atoms with Gasteiger partial charge in [-0.15, -0.1) is 0 Å². The van der Waals surface area contributed by atoms with Crippen molar-refractivity contribution in [1.29, 1.82) is 0 Å². The summed E-state index contributed by atoms with van der Waals surface area (Å²) in [6.45, 7) is 0.535. The second kappa shape index (κ2) is 7.01. The van der Waals surface area contributed by atoms with Gasteiger partial charge in [0.15, 0.2) is 5.78 Å². The number of alkyl halides is 1. The zero-order valence-electron chi connectivity index (χ0n) is 12.5. The Morgan fingerprint density at radius 3 is 2.30 bits per heavy atom. The third-order valence-corrected chi connectivity index (χ3v) is 4.74. The van der Waals surface area contributed by atoms with Crippen molar-refractivity contribution in [1.82, 2.24) is 0 Å². The Kier molecular flexibility index (Phi) is 4.82. The predicted octanol–water partition coefficient (Wildman–Crippen LogP) is 3.90. The average molecular weight is 370 g/mol. The molecular formula is C19H16BrNO2. The van der Waals surface area contributed by atoms with Gasteiger partial charge in [0, 0.05) is 17.7 Å². The van der Waals surface area contributed by atoms with E-state index in [0.717, 1.165) is 12.8 Å². The molecule has 4 heteroatoms. The van der Waals surface area contributed by atoms with E-state index in [1.54, 1.807) is 24.3 Å². The van der Waals surface area contributed by atoms with Crippen molar-refractivity contribution in [3.05, 3.63) is 71.3 Å². The maximum atomic E-state index is 12.5. The summed E-state index contributed by atoms with van der Waals surface area (Å²) in [6, 6.07) is 17.1. The fourth-order valence-electron chi connectivity index (χ4n) is 2.69. The molecule has 3 rings (SSSR count). The van der Waals surface area contributed by atoms with E-state index in [2.05, 4.69) is 33.1 Å². The summed E-state index contributed by atoms with van der Waals surface area (Å²) in [4.78, 5) is 28.6. The number of hydrogen-bond acceptors (Lipinski definition) is 3. The van der Waals surface area contributed by atoms with Crippen molar-refractivity contribution < 1.29 is 9.59 Å². The average Bonchev–Trinajstić information content (AvgIpc) is 2.60. The van der Waals surface area contributed by atoms with E-state index in [1.165, 1.54) is 5.56 Å². The van der Waals surface area contributed by atoms with Gasteiger partial charge in [-0.2, -0.15) is 0 Å². The number of Topliss-reactive ketones (excluding diaryl/α,β-unsaturated/α-hetero) is 2. The Labute approximate surface area is 143 Å². The van der Waals surface area contributed by atoms with Crippen molar-refractivity contribution >= 4 is 33.2 Å².